The van der Waals surface area contributed by atoms with Crippen LogP contribution in [0.2, 0.25) is 0 Å². The molecule has 4 nitrogen and oxygen atoms in total. The number of thioether (sulfide) groups is 1. The number of rotatable bonds is 6. The van der Waals surface area contributed by atoms with Gasteiger partial charge in [0.25, 0.3) is 5.22 Å². The summed E-state index contributed by atoms with van der Waals surface area (Å²) < 4.78 is 6.10. The molecule has 2 heterocycles. The molecule has 0 amide bonds. The number of hydrogen-bond acceptors (Lipinski definition) is 4. The van der Waals surface area contributed by atoms with Gasteiger partial charge in [-0.2, -0.15) is 0 Å². The van der Waals surface area contributed by atoms with E-state index in [4.69, 9.17) is 9.40 Å². The SMILES string of the molecule is O=C(CSc1nc(-c2ccccc2)c(-c2ccccc2)o1)c1c[nH]c2ccccc12. The van der Waals surface area contributed by atoms with Crippen LogP contribution in [0.15, 0.2) is 101 Å². The minimum atomic E-state index is 0.0400. The van der Waals surface area contributed by atoms with E-state index < -0.39 is 0 Å². The van der Waals surface area contributed by atoms with Gasteiger partial charge in [-0.05, 0) is 6.07 Å². The highest BCUT2D eigenvalue weighted by atomic mass is 32.2. The Morgan fingerprint density at radius 1 is 0.867 bits per heavy atom. The lowest BCUT2D eigenvalue weighted by Gasteiger charge is -2.00. The first kappa shape index (κ1) is 18.5. The molecule has 5 rings (SSSR count). The minimum absolute atomic E-state index is 0.0400. The molecule has 0 saturated heterocycles. The lowest BCUT2D eigenvalue weighted by Crippen LogP contribution is -2.01. The molecule has 0 radical (unpaired) electrons. The maximum absolute atomic E-state index is 12.8. The van der Waals surface area contributed by atoms with Gasteiger partial charge in [0, 0.05) is 33.8 Å². The van der Waals surface area contributed by atoms with Gasteiger partial charge in [0.15, 0.2) is 11.5 Å². The average Bonchev–Trinajstić information content (AvgIpc) is 3.43. The number of fused-ring (bicyclic) bond motifs is 1. The van der Waals surface area contributed by atoms with Crippen LogP contribution in [0.25, 0.3) is 33.5 Å². The summed E-state index contributed by atoms with van der Waals surface area (Å²) in [4.78, 5) is 20.7. The summed E-state index contributed by atoms with van der Waals surface area (Å²) in [5.41, 5.74) is 4.37. The van der Waals surface area contributed by atoms with Crippen LogP contribution in [-0.2, 0) is 0 Å². The number of oxazole rings is 1. The molecular formula is C25H18N2O2S. The number of nitrogens with one attached hydrogen (secondary N) is 1. The van der Waals surface area contributed by atoms with Crippen molar-refractivity contribution in [2.24, 2.45) is 0 Å². The van der Waals surface area contributed by atoms with E-state index in [1.807, 2.05) is 84.9 Å². The molecule has 0 saturated carbocycles. The van der Waals surface area contributed by atoms with Crippen LogP contribution in [0.4, 0.5) is 0 Å². The van der Waals surface area contributed by atoms with Gasteiger partial charge in [-0.15, -0.1) is 0 Å². The van der Waals surface area contributed by atoms with Crippen molar-refractivity contribution in [2.75, 3.05) is 5.75 Å². The van der Waals surface area contributed by atoms with Gasteiger partial charge < -0.3 is 9.40 Å². The molecule has 0 aliphatic heterocycles. The lowest BCUT2D eigenvalue weighted by atomic mass is 10.1. The number of benzene rings is 3. The zero-order valence-corrected chi connectivity index (χ0v) is 16.9. The second-order valence-corrected chi connectivity index (χ2v) is 7.78. The first-order valence-corrected chi connectivity index (χ1v) is 10.6. The number of H-pyrrole nitrogens is 1. The third kappa shape index (κ3) is 3.55. The van der Waals surface area contributed by atoms with E-state index >= 15 is 0 Å². The van der Waals surface area contributed by atoms with Crippen molar-refractivity contribution in [2.45, 2.75) is 5.22 Å². The van der Waals surface area contributed by atoms with Crippen LogP contribution in [0.1, 0.15) is 10.4 Å². The van der Waals surface area contributed by atoms with Gasteiger partial charge in [0.1, 0.15) is 5.69 Å². The van der Waals surface area contributed by atoms with E-state index in [2.05, 4.69) is 4.98 Å². The molecule has 2 aromatic heterocycles. The van der Waals surface area contributed by atoms with Crippen molar-refractivity contribution in [3.8, 4) is 22.6 Å². The molecule has 5 heteroatoms. The fourth-order valence-electron chi connectivity index (χ4n) is 3.45. The average molecular weight is 410 g/mol. The van der Waals surface area contributed by atoms with Crippen LogP contribution in [0, 0.1) is 0 Å². The Hall–Kier alpha value is -3.57. The largest absolute Gasteiger partial charge is 0.431 e. The fourth-order valence-corrected chi connectivity index (χ4v) is 4.15. The molecule has 0 unspecified atom stereocenters. The monoisotopic (exact) mass is 410 g/mol. The predicted octanol–water partition coefficient (Wildman–Crippen LogP) is 6.46. The van der Waals surface area contributed by atoms with E-state index in [0.29, 0.717) is 16.5 Å². The summed E-state index contributed by atoms with van der Waals surface area (Å²) in [7, 11) is 0. The van der Waals surface area contributed by atoms with Crippen molar-refractivity contribution >= 4 is 28.4 Å². The number of ketones is 1. The Kier molecular flexibility index (Phi) is 4.95. The third-order valence-electron chi connectivity index (χ3n) is 4.91. The molecule has 0 aliphatic rings. The van der Waals surface area contributed by atoms with Gasteiger partial charge in [-0.25, -0.2) is 4.98 Å². The molecule has 30 heavy (non-hydrogen) atoms. The number of aromatic nitrogens is 2. The summed E-state index contributed by atoms with van der Waals surface area (Å²) >= 11 is 1.32. The van der Waals surface area contributed by atoms with Crippen molar-refractivity contribution in [3.63, 3.8) is 0 Å². The Bertz CT molecular complexity index is 1250. The number of nitrogens with zero attached hydrogens (tertiary/aromatic N) is 1. The van der Waals surface area contributed by atoms with Gasteiger partial charge in [-0.3, -0.25) is 4.79 Å². The first-order valence-electron chi connectivity index (χ1n) is 9.63. The molecule has 3 aromatic carbocycles. The molecule has 1 N–H and O–H groups in total. The fraction of sp³-hybridized carbons (Fsp3) is 0.0400. The number of carbonyl (C=O) groups is 1. The molecule has 0 aliphatic carbocycles. The summed E-state index contributed by atoms with van der Waals surface area (Å²) in [6.07, 6.45) is 1.77. The highest BCUT2D eigenvalue weighted by molar-refractivity contribution is 7.99. The van der Waals surface area contributed by atoms with Gasteiger partial charge >= 0.3 is 0 Å². The second-order valence-electron chi connectivity index (χ2n) is 6.85. The summed E-state index contributed by atoms with van der Waals surface area (Å²) in [6, 6.07) is 27.7. The Labute approximate surface area is 178 Å². The number of hydrogen-bond donors (Lipinski definition) is 1. The molecule has 0 fully saturated rings. The second kappa shape index (κ2) is 8.05. The maximum atomic E-state index is 12.8. The summed E-state index contributed by atoms with van der Waals surface area (Å²) in [5.74, 6) is 1.01. The lowest BCUT2D eigenvalue weighted by molar-refractivity contribution is 0.102. The standard InChI is InChI=1S/C25H18N2O2S/c28-22(20-15-26-21-14-8-7-13-19(20)21)16-30-25-27-23(17-9-3-1-4-10-17)24(29-25)18-11-5-2-6-12-18/h1-15,26H,16H2. The zero-order chi connectivity index (χ0) is 20.3. The normalized spacial score (nSPS) is 11.1. The number of Topliss-reactive ketones (excluding diaryl/α,β-unsaturated/α-hetero) is 1. The van der Waals surface area contributed by atoms with Crippen molar-refractivity contribution in [1.82, 2.24) is 9.97 Å². The summed E-state index contributed by atoms with van der Waals surface area (Å²) in [6.45, 7) is 0. The molecule has 0 bridgehead atoms. The zero-order valence-electron chi connectivity index (χ0n) is 16.0. The topological polar surface area (TPSA) is 58.9 Å². The van der Waals surface area contributed by atoms with E-state index in [1.54, 1.807) is 6.20 Å². The van der Waals surface area contributed by atoms with Gasteiger partial charge in [-0.1, -0.05) is 90.6 Å². The highest BCUT2D eigenvalue weighted by Gasteiger charge is 2.19. The Morgan fingerprint density at radius 2 is 1.53 bits per heavy atom. The Balaban J connectivity index is 1.44. The van der Waals surface area contributed by atoms with Crippen molar-refractivity contribution in [1.29, 1.82) is 0 Å². The molecule has 0 spiro atoms. The quantitative estimate of drug-likeness (QED) is 0.258. The van der Waals surface area contributed by atoms with Crippen molar-refractivity contribution < 1.29 is 9.21 Å². The van der Waals surface area contributed by atoms with Gasteiger partial charge in [0.05, 0.1) is 5.75 Å². The number of carbonyl (C=O) groups excluding carboxylic acids is 1. The molecule has 0 atom stereocenters. The highest BCUT2D eigenvalue weighted by Crippen LogP contribution is 2.35. The van der Waals surface area contributed by atoms with Crippen LogP contribution >= 0.6 is 11.8 Å². The maximum Gasteiger partial charge on any atom is 0.257 e. The third-order valence-corrected chi connectivity index (χ3v) is 5.74. The predicted molar refractivity (Wildman–Crippen MR) is 121 cm³/mol. The van der Waals surface area contributed by atoms with E-state index in [0.717, 1.165) is 27.7 Å². The van der Waals surface area contributed by atoms with Crippen molar-refractivity contribution in [3.05, 3.63) is 96.7 Å². The minimum Gasteiger partial charge on any atom is -0.431 e. The van der Waals surface area contributed by atoms with Crippen LogP contribution < -0.4 is 0 Å². The Morgan fingerprint density at radius 3 is 2.30 bits per heavy atom. The summed E-state index contributed by atoms with van der Waals surface area (Å²) in [5, 5.41) is 1.42. The van der Waals surface area contributed by atoms with Crippen LogP contribution in [0.5, 0.6) is 0 Å². The number of para-hydroxylation sites is 1. The van der Waals surface area contributed by atoms with E-state index in [-0.39, 0.29) is 11.5 Å². The molecule has 5 aromatic rings. The van der Waals surface area contributed by atoms with Crippen LogP contribution in [-0.4, -0.2) is 21.5 Å². The van der Waals surface area contributed by atoms with Gasteiger partial charge in [0.2, 0.25) is 0 Å². The van der Waals surface area contributed by atoms with E-state index in [9.17, 15) is 4.79 Å². The van der Waals surface area contributed by atoms with Crippen LogP contribution in [0.3, 0.4) is 0 Å². The molecule has 146 valence electrons. The number of aromatic amines is 1. The first-order chi connectivity index (χ1) is 14.8. The molecular weight excluding hydrogens is 392 g/mol. The van der Waals surface area contributed by atoms with E-state index in [1.165, 1.54) is 11.8 Å². The smallest absolute Gasteiger partial charge is 0.257 e.